The zero-order chi connectivity index (χ0) is 18.3. The van der Waals surface area contributed by atoms with Crippen LogP contribution in [0.1, 0.15) is 37.2 Å². The van der Waals surface area contributed by atoms with Crippen LogP contribution in [0.3, 0.4) is 0 Å². The second-order valence-corrected chi connectivity index (χ2v) is 7.41. The molecular formula is C21H17Cl2NO2. The molecule has 2 aliphatic rings. The largest absolute Gasteiger partial charge is 0.294 e. The van der Waals surface area contributed by atoms with Gasteiger partial charge in [0, 0.05) is 45.8 Å². The van der Waals surface area contributed by atoms with Crippen molar-refractivity contribution in [3.05, 3.63) is 75.4 Å². The molecule has 0 saturated carbocycles. The van der Waals surface area contributed by atoms with Crippen LogP contribution in [0.5, 0.6) is 0 Å². The molecule has 5 heteroatoms. The highest BCUT2D eigenvalue weighted by atomic mass is 35.5. The van der Waals surface area contributed by atoms with Gasteiger partial charge in [-0.25, -0.2) is 0 Å². The number of nitrogens with zero attached hydrogens (tertiary/aromatic N) is 1. The number of rotatable bonds is 2. The van der Waals surface area contributed by atoms with Gasteiger partial charge in [-0.15, -0.1) is 0 Å². The van der Waals surface area contributed by atoms with E-state index in [0.29, 0.717) is 34.0 Å². The topological polar surface area (TPSA) is 37.4 Å². The first-order valence-electron chi connectivity index (χ1n) is 8.66. The standard InChI is InChI=1S/C21H17Cl2NO2/c22-15-8-4-9-16(23)20(15)14-12-19(26)24(13-6-2-1-3-7-13)17-10-5-11-18(25)21(14)17/h1-4,6-9,14H,5,10-12H2. The number of allylic oxidation sites excluding steroid dienone is 2. The molecule has 1 heterocycles. The highest BCUT2D eigenvalue weighted by Crippen LogP contribution is 2.46. The lowest BCUT2D eigenvalue weighted by molar-refractivity contribution is -0.119. The number of amides is 1. The summed E-state index contributed by atoms with van der Waals surface area (Å²) in [6, 6.07) is 14.8. The lowest BCUT2D eigenvalue weighted by atomic mass is 9.77. The molecule has 1 atom stereocenters. The second-order valence-electron chi connectivity index (χ2n) is 6.59. The van der Waals surface area contributed by atoms with Crippen LogP contribution in [0.25, 0.3) is 0 Å². The van der Waals surface area contributed by atoms with Crippen molar-refractivity contribution in [3.63, 3.8) is 0 Å². The number of halogens is 2. The summed E-state index contributed by atoms with van der Waals surface area (Å²) in [6.45, 7) is 0. The zero-order valence-electron chi connectivity index (χ0n) is 14.0. The number of para-hydroxylation sites is 1. The number of carbonyl (C=O) groups excluding carboxylic acids is 2. The summed E-state index contributed by atoms with van der Waals surface area (Å²) in [7, 11) is 0. The minimum Gasteiger partial charge on any atom is -0.294 e. The smallest absolute Gasteiger partial charge is 0.232 e. The van der Waals surface area contributed by atoms with Gasteiger partial charge in [0.25, 0.3) is 0 Å². The van der Waals surface area contributed by atoms with Gasteiger partial charge in [-0.3, -0.25) is 14.5 Å². The molecule has 0 spiro atoms. The Morgan fingerprint density at radius 2 is 1.58 bits per heavy atom. The third-order valence-electron chi connectivity index (χ3n) is 5.04. The molecule has 1 aliphatic carbocycles. The molecule has 0 bridgehead atoms. The quantitative estimate of drug-likeness (QED) is 0.682. The highest BCUT2D eigenvalue weighted by Gasteiger charge is 2.40. The summed E-state index contributed by atoms with van der Waals surface area (Å²) in [6.07, 6.45) is 2.12. The first kappa shape index (κ1) is 17.3. The Labute approximate surface area is 162 Å². The molecule has 132 valence electrons. The molecule has 0 aromatic heterocycles. The fourth-order valence-corrected chi connectivity index (χ4v) is 4.62. The van der Waals surface area contributed by atoms with Crippen LogP contribution in [0.15, 0.2) is 59.8 Å². The molecule has 1 unspecified atom stereocenters. The van der Waals surface area contributed by atoms with E-state index in [1.165, 1.54) is 0 Å². The van der Waals surface area contributed by atoms with E-state index < -0.39 is 0 Å². The Morgan fingerprint density at radius 1 is 0.885 bits per heavy atom. The van der Waals surface area contributed by atoms with Crippen LogP contribution in [-0.4, -0.2) is 11.7 Å². The molecule has 0 N–H and O–H groups in total. The Balaban J connectivity index is 1.91. The molecule has 0 saturated heterocycles. The van der Waals surface area contributed by atoms with Gasteiger partial charge in [0.2, 0.25) is 5.91 Å². The highest BCUT2D eigenvalue weighted by molar-refractivity contribution is 6.36. The molecule has 4 rings (SSSR count). The van der Waals surface area contributed by atoms with Crippen LogP contribution in [0, 0.1) is 0 Å². The fourth-order valence-electron chi connectivity index (χ4n) is 3.96. The first-order valence-corrected chi connectivity index (χ1v) is 9.41. The number of ketones is 1. The lowest BCUT2D eigenvalue weighted by Crippen LogP contribution is -2.40. The molecule has 0 radical (unpaired) electrons. The normalized spacial score (nSPS) is 20.4. The van der Waals surface area contributed by atoms with Crippen molar-refractivity contribution in [1.82, 2.24) is 0 Å². The van der Waals surface area contributed by atoms with Crippen LogP contribution in [-0.2, 0) is 9.59 Å². The third-order valence-corrected chi connectivity index (χ3v) is 5.70. The minimum absolute atomic E-state index is 0.0364. The van der Waals surface area contributed by atoms with Crippen molar-refractivity contribution in [2.45, 2.75) is 31.6 Å². The number of Topliss-reactive ketones (excluding diaryl/α,β-unsaturated/α-hetero) is 1. The summed E-state index contributed by atoms with van der Waals surface area (Å²) >= 11 is 12.8. The SMILES string of the molecule is O=C1CCCC2=C1C(c1c(Cl)cccc1Cl)CC(=O)N2c1ccccc1. The third kappa shape index (κ3) is 2.85. The maximum atomic E-state index is 13.1. The first-order chi connectivity index (χ1) is 12.6. The lowest BCUT2D eigenvalue weighted by Gasteiger charge is -2.38. The summed E-state index contributed by atoms with van der Waals surface area (Å²) in [5.74, 6) is -0.335. The van der Waals surface area contributed by atoms with E-state index in [1.54, 1.807) is 23.1 Å². The average Bonchev–Trinajstić information content (AvgIpc) is 2.62. The van der Waals surface area contributed by atoms with E-state index in [0.717, 1.165) is 17.8 Å². The predicted octanol–water partition coefficient (Wildman–Crippen LogP) is 5.52. The molecule has 1 aliphatic heterocycles. The van der Waals surface area contributed by atoms with Gasteiger partial charge in [-0.05, 0) is 42.7 Å². The number of carbonyl (C=O) groups is 2. The number of anilines is 1. The van der Waals surface area contributed by atoms with E-state index >= 15 is 0 Å². The van der Waals surface area contributed by atoms with Crippen LogP contribution in [0.2, 0.25) is 10.0 Å². The molecule has 2 aromatic carbocycles. The van der Waals surface area contributed by atoms with Gasteiger partial charge < -0.3 is 0 Å². The van der Waals surface area contributed by atoms with E-state index in [9.17, 15) is 9.59 Å². The molecule has 26 heavy (non-hydrogen) atoms. The fraction of sp³-hybridized carbons (Fsp3) is 0.238. The Kier molecular flexibility index (Phi) is 4.60. The molecule has 0 fully saturated rings. The average molecular weight is 386 g/mol. The summed E-state index contributed by atoms with van der Waals surface area (Å²) in [5.41, 5.74) is 2.96. The molecule has 1 amide bonds. The van der Waals surface area contributed by atoms with Crippen molar-refractivity contribution in [2.75, 3.05) is 4.90 Å². The molecule has 3 nitrogen and oxygen atoms in total. The predicted molar refractivity (Wildman–Crippen MR) is 104 cm³/mol. The van der Waals surface area contributed by atoms with E-state index in [1.807, 2.05) is 30.3 Å². The van der Waals surface area contributed by atoms with E-state index in [2.05, 4.69) is 0 Å². The Hall–Kier alpha value is -2.10. The number of hydrogen-bond acceptors (Lipinski definition) is 2. The summed E-state index contributed by atoms with van der Waals surface area (Å²) in [5, 5.41) is 0.988. The van der Waals surface area contributed by atoms with Crippen molar-refractivity contribution in [3.8, 4) is 0 Å². The summed E-state index contributed by atoms with van der Waals surface area (Å²) in [4.78, 5) is 27.6. The van der Waals surface area contributed by atoms with Crippen molar-refractivity contribution < 1.29 is 9.59 Å². The van der Waals surface area contributed by atoms with Gasteiger partial charge >= 0.3 is 0 Å². The van der Waals surface area contributed by atoms with Gasteiger partial charge in [0.1, 0.15) is 0 Å². The Morgan fingerprint density at radius 3 is 2.27 bits per heavy atom. The van der Waals surface area contributed by atoms with Crippen LogP contribution >= 0.6 is 23.2 Å². The van der Waals surface area contributed by atoms with Gasteiger partial charge in [0.15, 0.2) is 5.78 Å². The summed E-state index contributed by atoms with van der Waals surface area (Å²) < 4.78 is 0. The maximum Gasteiger partial charge on any atom is 0.232 e. The van der Waals surface area contributed by atoms with E-state index in [-0.39, 0.29) is 24.0 Å². The maximum absolute atomic E-state index is 13.1. The monoisotopic (exact) mass is 385 g/mol. The van der Waals surface area contributed by atoms with Crippen molar-refractivity contribution in [1.29, 1.82) is 0 Å². The number of benzene rings is 2. The van der Waals surface area contributed by atoms with Crippen LogP contribution < -0.4 is 4.90 Å². The van der Waals surface area contributed by atoms with Crippen LogP contribution in [0.4, 0.5) is 5.69 Å². The van der Waals surface area contributed by atoms with Gasteiger partial charge in [0.05, 0.1) is 0 Å². The van der Waals surface area contributed by atoms with Gasteiger partial charge in [-0.1, -0.05) is 47.5 Å². The number of hydrogen-bond donors (Lipinski definition) is 0. The molecule has 2 aromatic rings. The van der Waals surface area contributed by atoms with Gasteiger partial charge in [-0.2, -0.15) is 0 Å². The molecular weight excluding hydrogens is 369 g/mol. The van der Waals surface area contributed by atoms with Crippen molar-refractivity contribution in [2.24, 2.45) is 0 Å². The zero-order valence-corrected chi connectivity index (χ0v) is 15.6. The Bertz CT molecular complexity index is 901. The minimum atomic E-state index is -0.383. The van der Waals surface area contributed by atoms with Crippen molar-refractivity contribution >= 4 is 40.6 Å². The second kappa shape index (κ2) is 6.90. The van der Waals surface area contributed by atoms with E-state index in [4.69, 9.17) is 23.2 Å².